The number of thioether (sulfide) groups is 1. The van der Waals surface area contributed by atoms with Crippen molar-refractivity contribution >= 4 is 23.8 Å². The van der Waals surface area contributed by atoms with Gasteiger partial charge in [-0.2, -0.15) is 0 Å². The van der Waals surface area contributed by atoms with Crippen LogP contribution in [0.2, 0.25) is 0 Å². The van der Waals surface area contributed by atoms with E-state index in [1.54, 1.807) is 16.7 Å². The van der Waals surface area contributed by atoms with E-state index >= 15 is 0 Å². The van der Waals surface area contributed by atoms with E-state index in [4.69, 9.17) is 5.11 Å². The lowest BCUT2D eigenvalue weighted by molar-refractivity contribution is -0.141. The number of carbonyl (C=O) groups is 2. The molecule has 1 aliphatic heterocycles. The standard InChI is InChI=1S/C15H20N2O3S/c1-11(21-13-5-3-2-4-6-13)9-16-15(20)17-8-7-12(10-17)14(18)19/h2-6,11-12H,7-10H2,1H3,(H,16,20)(H,18,19). The molecule has 0 aliphatic carbocycles. The van der Waals surface area contributed by atoms with Crippen LogP contribution in [-0.4, -0.2) is 46.9 Å². The predicted octanol–water partition coefficient (Wildman–Crippen LogP) is 2.28. The first-order chi connectivity index (χ1) is 10.1. The first-order valence-electron chi connectivity index (χ1n) is 7.03. The number of nitrogens with zero attached hydrogens (tertiary/aromatic N) is 1. The van der Waals surface area contributed by atoms with Crippen molar-refractivity contribution in [2.24, 2.45) is 5.92 Å². The Morgan fingerprint density at radius 1 is 1.43 bits per heavy atom. The van der Waals surface area contributed by atoms with E-state index in [1.165, 1.54) is 4.90 Å². The van der Waals surface area contributed by atoms with Crippen molar-refractivity contribution in [3.63, 3.8) is 0 Å². The summed E-state index contributed by atoms with van der Waals surface area (Å²) in [5.74, 6) is -1.25. The molecular formula is C15H20N2O3S. The molecule has 1 aromatic rings. The Hall–Kier alpha value is -1.69. The van der Waals surface area contributed by atoms with Gasteiger partial charge in [0.2, 0.25) is 0 Å². The average Bonchev–Trinajstić information content (AvgIpc) is 2.96. The highest BCUT2D eigenvalue weighted by atomic mass is 32.2. The fourth-order valence-electron chi connectivity index (χ4n) is 2.26. The zero-order valence-corrected chi connectivity index (χ0v) is 12.8. The van der Waals surface area contributed by atoms with Gasteiger partial charge in [-0.05, 0) is 18.6 Å². The Morgan fingerprint density at radius 2 is 2.14 bits per heavy atom. The first kappa shape index (κ1) is 15.7. The molecule has 21 heavy (non-hydrogen) atoms. The van der Waals surface area contributed by atoms with Crippen molar-refractivity contribution in [1.82, 2.24) is 10.2 Å². The van der Waals surface area contributed by atoms with Gasteiger partial charge < -0.3 is 15.3 Å². The molecule has 2 rings (SSSR count). The number of aliphatic carboxylic acids is 1. The van der Waals surface area contributed by atoms with Crippen LogP contribution >= 0.6 is 11.8 Å². The van der Waals surface area contributed by atoms with Crippen LogP contribution in [0.3, 0.4) is 0 Å². The number of benzene rings is 1. The highest BCUT2D eigenvalue weighted by Gasteiger charge is 2.30. The summed E-state index contributed by atoms with van der Waals surface area (Å²) >= 11 is 1.71. The van der Waals surface area contributed by atoms with Gasteiger partial charge in [-0.1, -0.05) is 25.1 Å². The maximum absolute atomic E-state index is 12.0. The SMILES string of the molecule is CC(CNC(=O)N1CCC(C(=O)O)C1)Sc1ccccc1. The summed E-state index contributed by atoms with van der Waals surface area (Å²) in [6.45, 7) is 3.44. The second kappa shape index (κ2) is 7.36. The van der Waals surface area contributed by atoms with Crippen LogP contribution in [-0.2, 0) is 4.79 Å². The third-order valence-corrected chi connectivity index (χ3v) is 4.56. The van der Waals surface area contributed by atoms with Gasteiger partial charge in [-0.15, -0.1) is 11.8 Å². The second-order valence-electron chi connectivity index (χ2n) is 5.20. The summed E-state index contributed by atoms with van der Waals surface area (Å²) in [4.78, 5) is 25.6. The Morgan fingerprint density at radius 3 is 2.76 bits per heavy atom. The van der Waals surface area contributed by atoms with E-state index in [0.29, 0.717) is 26.1 Å². The molecule has 5 nitrogen and oxygen atoms in total. The van der Waals surface area contributed by atoms with Crippen LogP contribution < -0.4 is 5.32 Å². The molecule has 0 bridgehead atoms. The molecular weight excluding hydrogens is 288 g/mol. The Balaban J connectivity index is 1.73. The molecule has 0 saturated carbocycles. The predicted molar refractivity (Wildman–Crippen MR) is 82.5 cm³/mol. The molecule has 0 spiro atoms. The largest absolute Gasteiger partial charge is 0.481 e. The van der Waals surface area contributed by atoms with Gasteiger partial charge in [0.05, 0.1) is 5.92 Å². The van der Waals surface area contributed by atoms with E-state index in [2.05, 4.69) is 12.2 Å². The molecule has 1 saturated heterocycles. The quantitative estimate of drug-likeness (QED) is 0.819. The molecule has 0 aromatic heterocycles. The minimum atomic E-state index is -0.821. The maximum atomic E-state index is 12.0. The topological polar surface area (TPSA) is 69.6 Å². The Bertz CT molecular complexity index is 495. The number of hydrogen-bond acceptors (Lipinski definition) is 3. The normalized spacial score (nSPS) is 19.3. The highest BCUT2D eigenvalue weighted by Crippen LogP contribution is 2.22. The van der Waals surface area contributed by atoms with Crippen LogP contribution in [0.5, 0.6) is 0 Å². The van der Waals surface area contributed by atoms with Crippen LogP contribution in [0, 0.1) is 5.92 Å². The number of carboxylic acid groups (broad SMARTS) is 1. The number of rotatable bonds is 5. The molecule has 6 heteroatoms. The van der Waals surface area contributed by atoms with E-state index in [1.807, 2.05) is 30.3 Å². The first-order valence-corrected chi connectivity index (χ1v) is 7.91. The van der Waals surface area contributed by atoms with Crippen LogP contribution in [0.1, 0.15) is 13.3 Å². The second-order valence-corrected chi connectivity index (χ2v) is 6.71. The minimum absolute atomic E-state index is 0.167. The lowest BCUT2D eigenvalue weighted by Gasteiger charge is -2.19. The summed E-state index contributed by atoms with van der Waals surface area (Å²) in [5, 5.41) is 12.1. The van der Waals surface area contributed by atoms with Crippen molar-refractivity contribution in [2.45, 2.75) is 23.5 Å². The van der Waals surface area contributed by atoms with Crippen molar-refractivity contribution < 1.29 is 14.7 Å². The number of amides is 2. The van der Waals surface area contributed by atoms with E-state index in [9.17, 15) is 9.59 Å². The number of nitrogens with one attached hydrogen (secondary N) is 1. The lowest BCUT2D eigenvalue weighted by atomic mass is 10.1. The summed E-state index contributed by atoms with van der Waals surface area (Å²) in [7, 11) is 0. The molecule has 1 aromatic carbocycles. The monoisotopic (exact) mass is 308 g/mol. The van der Waals surface area contributed by atoms with Crippen molar-refractivity contribution in [3.8, 4) is 0 Å². The van der Waals surface area contributed by atoms with Gasteiger partial charge in [-0.3, -0.25) is 4.79 Å². The van der Waals surface area contributed by atoms with Crippen LogP contribution in [0.25, 0.3) is 0 Å². The fraction of sp³-hybridized carbons (Fsp3) is 0.467. The number of carbonyl (C=O) groups excluding carboxylic acids is 1. The van der Waals surface area contributed by atoms with E-state index in [0.717, 1.165) is 0 Å². The zero-order valence-electron chi connectivity index (χ0n) is 12.0. The molecule has 1 fully saturated rings. The van der Waals surface area contributed by atoms with Crippen LogP contribution in [0.4, 0.5) is 4.79 Å². The molecule has 2 unspecified atom stereocenters. The lowest BCUT2D eigenvalue weighted by Crippen LogP contribution is -2.41. The number of carboxylic acids is 1. The molecule has 1 aliphatic rings. The van der Waals surface area contributed by atoms with Crippen molar-refractivity contribution in [2.75, 3.05) is 19.6 Å². The number of likely N-dealkylation sites (tertiary alicyclic amines) is 1. The number of urea groups is 1. The smallest absolute Gasteiger partial charge is 0.317 e. The molecule has 114 valence electrons. The molecule has 2 atom stereocenters. The molecule has 0 radical (unpaired) electrons. The molecule has 2 N–H and O–H groups in total. The van der Waals surface area contributed by atoms with Gasteiger partial charge in [-0.25, -0.2) is 4.79 Å². The summed E-state index contributed by atoms with van der Waals surface area (Å²) < 4.78 is 0. The highest BCUT2D eigenvalue weighted by molar-refractivity contribution is 8.00. The number of hydrogen-bond donors (Lipinski definition) is 2. The zero-order chi connectivity index (χ0) is 15.2. The summed E-state index contributed by atoms with van der Waals surface area (Å²) in [6, 6.07) is 9.87. The van der Waals surface area contributed by atoms with E-state index < -0.39 is 11.9 Å². The van der Waals surface area contributed by atoms with Crippen LogP contribution in [0.15, 0.2) is 35.2 Å². The summed E-state index contributed by atoms with van der Waals surface area (Å²) in [6.07, 6.45) is 0.539. The molecule has 2 amide bonds. The van der Waals surface area contributed by atoms with Gasteiger partial charge in [0, 0.05) is 29.8 Å². The van der Waals surface area contributed by atoms with Crippen molar-refractivity contribution in [3.05, 3.63) is 30.3 Å². The van der Waals surface area contributed by atoms with Gasteiger partial charge in [0.1, 0.15) is 0 Å². The Labute approximate surface area is 128 Å². The fourth-order valence-corrected chi connectivity index (χ4v) is 3.21. The third kappa shape index (κ3) is 4.67. The maximum Gasteiger partial charge on any atom is 0.317 e. The minimum Gasteiger partial charge on any atom is -0.481 e. The summed E-state index contributed by atoms with van der Waals surface area (Å²) in [5.41, 5.74) is 0. The van der Waals surface area contributed by atoms with E-state index in [-0.39, 0.29) is 11.3 Å². The Kier molecular flexibility index (Phi) is 5.50. The average molecular weight is 308 g/mol. The van der Waals surface area contributed by atoms with Gasteiger partial charge in [0.25, 0.3) is 0 Å². The van der Waals surface area contributed by atoms with Gasteiger partial charge >= 0.3 is 12.0 Å². The third-order valence-electron chi connectivity index (χ3n) is 3.45. The van der Waals surface area contributed by atoms with Crippen molar-refractivity contribution in [1.29, 1.82) is 0 Å². The molecule has 1 heterocycles. The van der Waals surface area contributed by atoms with Gasteiger partial charge in [0.15, 0.2) is 0 Å².